The summed E-state index contributed by atoms with van der Waals surface area (Å²) in [4.78, 5) is 47.9. The number of thiophene rings is 1. The highest BCUT2D eigenvalue weighted by Gasteiger charge is 2.26. The zero-order valence-corrected chi connectivity index (χ0v) is 16.5. The highest BCUT2D eigenvalue weighted by Crippen LogP contribution is 2.33. The zero-order chi connectivity index (χ0) is 20.7. The fourth-order valence-electron chi connectivity index (χ4n) is 2.40. The lowest BCUT2D eigenvalue weighted by Crippen LogP contribution is -2.21. The molecule has 0 radical (unpaired) electrons. The molecule has 28 heavy (non-hydrogen) atoms. The lowest BCUT2D eigenvalue weighted by atomic mass is 10.1. The molecule has 9 heteroatoms. The number of aldehydes is 1. The van der Waals surface area contributed by atoms with Crippen LogP contribution in [0.3, 0.4) is 0 Å². The van der Waals surface area contributed by atoms with E-state index in [-0.39, 0.29) is 35.4 Å². The normalized spacial score (nSPS) is 10.1. The van der Waals surface area contributed by atoms with Crippen LogP contribution in [0.4, 0.5) is 5.00 Å². The van der Waals surface area contributed by atoms with Gasteiger partial charge in [0, 0.05) is 7.05 Å². The van der Waals surface area contributed by atoms with Crippen molar-refractivity contribution in [3.8, 4) is 5.75 Å². The maximum Gasteiger partial charge on any atom is 0.341 e. The number of carbonyl (C=O) groups excluding carboxylic acids is 4. The molecule has 0 unspecified atom stereocenters. The van der Waals surface area contributed by atoms with E-state index in [0.29, 0.717) is 22.3 Å². The molecular weight excluding hydrogens is 384 g/mol. The van der Waals surface area contributed by atoms with E-state index in [0.717, 1.165) is 11.3 Å². The highest BCUT2D eigenvalue weighted by atomic mass is 32.1. The smallest absolute Gasteiger partial charge is 0.341 e. The molecule has 2 amide bonds. The fourth-order valence-corrected chi connectivity index (χ4v) is 3.55. The number of amides is 2. The van der Waals surface area contributed by atoms with Crippen molar-refractivity contribution in [1.29, 1.82) is 0 Å². The molecular formula is C19H20N2O6S. The minimum atomic E-state index is -0.631. The summed E-state index contributed by atoms with van der Waals surface area (Å²) in [6.07, 6.45) is 0.629. The third-order valence-corrected chi connectivity index (χ3v) is 4.92. The monoisotopic (exact) mass is 404 g/mol. The summed E-state index contributed by atoms with van der Waals surface area (Å²) in [5.41, 5.74) is 0.869. The molecule has 1 aromatic carbocycles. The van der Waals surface area contributed by atoms with Gasteiger partial charge in [0.25, 0.3) is 11.8 Å². The third kappa shape index (κ3) is 4.74. The van der Waals surface area contributed by atoms with Crippen LogP contribution in [0.1, 0.15) is 42.9 Å². The van der Waals surface area contributed by atoms with Crippen molar-refractivity contribution in [2.24, 2.45) is 0 Å². The Morgan fingerprint density at radius 3 is 2.57 bits per heavy atom. The van der Waals surface area contributed by atoms with Crippen LogP contribution in [-0.2, 0) is 9.53 Å². The lowest BCUT2D eigenvalue weighted by Gasteiger charge is -2.09. The summed E-state index contributed by atoms with van der Waals surface area (Å²) in [5, 5.41) is 5.28. The molecule has 0 spiro atoms. The Bertz CT molecular complexity index is 906. The van der Waals surface area contributed by atoms with Crippen LogP contribution in [0.2, 0.25) is 0 Å². The number of esters is 1. The molecule has 0 fully saturated rings. The topological polar surface area (TPSA) is 111 Å². The first-order valence-corrected chi connectivity index (χ1v) is 9.24. The molecule has 0 aliphatic rings. The Kier molecular flexibility index (Phi) is 7.28. The largest absolute Gasteiger partial charge is 0.483 e. The number of anilines is 1. The summed E-state index contributed by atoms with van der Waals surface area (Å²) < 4.78 is 10.4. The van der Waals surface area contributed by atoms with Crippen LogP contribution >= 0.6 is 11.3 Å². The van der Waals surface area contributed by atoms with Crippen LogP contribution in [0.25, 0.3) is 0 Å². The van der Waals surface area contributed by atoms with Crippen molar-refractivity contribution in [3.63, 3.8) is 0 Å². The molecule has 2 aromatic rings. The zero-order valence-electron chi connectivity index (χ0n) is 15.7. The van der Waals surface area contributed by atoms with Crippen molar-refractivity contribution < 1.29 is 28.7 Å². The fraction of sp³-hybridized carbons (Fsp3) is 0.263. The van der Waals surface area contributed by atoms with E-state index in [4.69, 9.17) is 9.47 Å². The Balaban J connectivity index is 2.21. The number of carbonyl (C=O) groups is 4. The van der Waals surface area contributed by atoms with Crippen molar-refractivity contribution >= 4 is 40.4 Å². The Morgan fingerprint density at radius 2 is 1.93 bits per heavy atom. The van der Waals surface area contributed by atoms with E-state index < -0.39 is 11.9 Å². The highest BCUT2D eigenvalue weighted by molar-refractivity contribution is 7.18. The SMILES string of the molecule is CCOC(=O)c1c(NC(=O)COc2ccccc2C=O)sc(C(=O)NC)c1C. The van der Waals surface area contributed by atoms with Crippen LogP contribution in [0.15, 0.2) is 24.3 Å². The van der Waals surface area contributed by atoms with Crippen molar-refractivity contribution in [2.45, 2.75) is 13.8 Å². The van der Waals surface area contributed by atoms with Crippen molar-refractivity contribution in [1.82, 2.24) is 5.32 Å². The number of hydrogen-bond acceptors (Lipinski definition) is 7. The molecule has 8 nitrogen and oxygen atoms in total. The summed E-state index contributed by atoms with van der Waals surface area (Å²) in [5.74, 6) is -1.28. The van der Waals surface area contributed by atoms with Gasteiger partial charge in [-0.25, -0.2) is 4.79 Å². The predicted octanol–water partition coefficient (Wildman–Crippen LogP) is 2.42. The number of nitrogens with one attached hydrogen (secondary N) is 2. The quantitative estimate of drug-likeness (QED) is 0.516. The molecule has 0 saturated heterocycles. The second-order valence-electron chi connectivity index (χ2n) is 5.55. The van der Waals surface area contributed by atoms with Gasteiger partial charge in [-0.15, -0.1) is 11.3 Å². The number of ether oxygens (including phenoxy) is 2. The number of benzene rings is 1. The average molecular weight is 404 g/mol. The minimum Gasteiger partial charge on any atom is -0.483 e. The summed E-state index contributed by atoms with van der Waals surface area (Å²) in [6, 6.07) is 6.49. The molecule has 2 N–H and O–H groups in total. The maximum atomic E-state index is 12.3. The standard InChI is InChI=1S/C19H20N2O6S/c1-4-26-19(25)15-11(2)16(17(24)20-3)28-18(15)21-14(23)10-27-13-8-6-5-7-12(13)9-22/h5-9H,4,10H2,1-3H3,(H,20,24)(H,21,23). The first-order valence-electron chi connectivity index (χ1n) is 8.42. The number of rotatable bonds is 8. The van der Waals surface area contributed by atoms with E-state index in [1.54, 1.807) is 38.1 Å². The van der Waals surface area contributed by atoms with Crippen molar-refractivity contribution in [3.05, 3.63) is 45.8 Å². The van der Waals surface area contributed by atoms with E-state index in [1.165, 1.54) is 7.05 Å². The van der Waals surface area contributed by atoms with Gasteiger partial charge in [-0.3, -0.25) is 14.4 Å². The Morgan fingerprint density at radius 1 is 1.21 bits per heavy atom. The third-order valence-electron chi connectivity index (χ3n) is 3.72. The first kappa shape index (κ1) is 21.1. The molecule has 2 rings (SSSR count). The summed E-state index contributed by atoms with van der Waals surface area (Å²) in [7, 11) is 1.47. The van der Waals surface area contributed by atoms with Gasteiger partial charge < -0.3 is 20.1 Å². The Hall–Kier alpha value is -3.20. The molecule has 0 aliphatic heterocycles. The number of para-hydroxylation sites is 1. The van der Waals surface area contributed by atoms with Gasteiger partial charge in [0.1, 0.15) is 10.8 Å². The molecule has 1 heterocycles. The van der Waals surface area contributed by atoms with E-state index in [2.05, 4.69) is 10.6 Å². The second kappa shape index (κ2) is 9.65. The lowest BCUT2D eigenvalue weighted by molar-refractivity contribution is -0.118. The molecule has 148 valence electrons. The maximum absolute atomic E-state index is 12.3. The van der Waals surface area contributed by atoms with Gasteiger partial charge >= 0.3 is 5.97 Å². The predicted molar refractivity (Wildman–Crippen MR) is 104 cm³/mol. The molecule has 1 aromatic heterocycles. The molecule has 0 saturated carbocycles. The van der Waals surface area contributed by atoms with Gasteiger partial charge in [0.2, 0.25) is 0 Å². The summed E-state index contributed by atoms with van der Waals surface area (Å²) in [6.45, 7) is 3.05. The first-order chi connectivity index (χ1) is 13.4. The van der Waals surface area contributed by atoms with Gasteiger partial charge in [-0.1, -0.05) is 12.1 Å². The van der Waals surface area contributed by atoms with Gasteiger partial charge in [-0.05, 0) is 31.5 Å². The number of hydrogen-bond donors (Lipinski definition) is 2. The Labute approximate surface area is 165 Å². The van der Waals surface area contributed by atoms with Crippen molar-refractivity contribution in [2.75, 3.05) is 25.6 Å². The van der Waals surface area contributed by atoms with E-state index in [1.807, 2.05) is 0 Å². The van der Waals surface area contributed by atoms with Crippen LogP contribution in [0, 0.1) is 6.92 Å². The minimum absolute atomic E-state index is 0.132. The van der Waals surface area contributed by atoms with Crippen LogP contribution in [-0.4, -0.2) is 44.3 Å². The van der Waals surface area contributed by atoms with E-state index in [9.17, 15) is 19.2 Å². The van der Waals surface area contributed by atoms with Gasteiger partial charge in [0.05, 0.1) is 22.6 Å². The van der Waals surface area contributed by atoms with E-state index >= 15 is 0 Å². The van der Waals surface area contributed by atoms with Crippen LogP contribution in [0.5, 0.6) is 5.75 Å². The average Bonchev–Trinajstić information content (AvgIpc) is 3.01. The molecule has 0 bridgehead atoms. The van der Waals surface area contributed by atoms with Gasteiger partial charge in [-0.2, -0.15) is 0 Å². The second-order valence-corrected chi connectivity index (χ2v) is 6.57. The van der Waals surface area contributed by atoms with Crippen LogP contribution < -0.4 is 15.4 Å². The molecule has 0 atom stereocenters. The molecule has 0 aliphatic carbocycles. The van der Waals surface area contributed by atoms with Gasteiger partial charge in [0.15, 0.2) is 12.9 Å². The summed E-state index contributed by atoms with van der Waals surface area (Å²) >= 11 is 0.974.